The van der Waals surface area contributed by atoms with Crippen LogP contribution in [0.25, 0.3) is 0 Å². The van der Waals surface area contributed by atoms with Gasteiger partial charge >= 0.3 is 0 Å². The number of rotatable bonds is 10. The molecule has 3 rings (SSSR count). The molecule has 1 atom stereocenters. The molecule has 0 saturated carbocycles. The summed E-state index contributed by atoms with van der Waals surface area (Å²) in [7, 11) is -3.63. The smallest absolute Gasteiger partial charge is 0.257 e. The first-order valence-corrected chi connectivity index (χ1v) is 13.2. The first-order chi connectivity index (χ1) is 16.2. The van der Waals surface area contributed by atoms with Crippen molar-refractivity contribution in [2.75, 3.05) is 25.1 Å². The van der Waals surface area contributed by atoms with Crippen molar-refractivity contribution >= 4 is 38.9 Å². The maximum Gasteiger partial charge on any atom is 0.257 e. The van der Waals surface area contributed by atoms with Crippen LogP contribution in [-0.2, 0) is 14.8 Å². The average Bonchev–Trinajstić information content (AvgIpc) is 3.32. The highest BCUT2D eigenvalue weighted by Gasteiger charge is 2.20. The number of carbonyl (C=O) groups excluding carboxylic acids is 1. The fourth-order valence-corrected chi connectivity index (χ4v) is 4.54. The summed E-state index contributed by atoms with van der Waals surface area (Å²) in [5.41, 5.74) is 0.997. The molecule has 34 heavy (non-hydrogen) atoms. The Balaban J connectivity index is 1.48. The summed E-state index contributed by atoms with van der Waals surface area (Å²) in [4.78, 5) is 12.6. The van der Waals surface area contributed by atoms with Crippen LogP contribution in [-0.4, -0.2) is 45.3 Å². The van der Waals surface area contributed by atoms with E-state index < -0.39 is 10.0 Å². The summed E-state index contributed by atoms with van der Waals surface area (Å²) < 4.78 is 38.6. The van der Waals surface area contributed by atoms with Gasteiger partial charge in [0.2, 0.25) is 10.0 Å². The number of nitrogens with one attached hydrogen (secondary N) is 3. The molecule has 0 radical (unpaired) electrons. The van der Waals surface area contributed by atoms with Crippen LogP contribution in [0, 0.1) is 5.92 Å². The minimum absolute atomic E-state index is 0.0784. The quantitative estimate of drug-likeness (QED) is 0.423. The van der Waals surface area contributed by atoms with Gasteiger partial charge in [0.1, 0.15) is 5.75 Å². The number of hydrogen-bond donors (Lipinski definition) is 3. The maximum atomic E-state index is 12.5. The fraction of sp³-hybridized carbons (Fsp3) is 0.417. The third kappa shape index (κ3) is 8.05. The number of carbonyl (C=O) groups is 1. The molecule has 2 aromatic carbocycles. The standard InChI is InChI=1S/C24H31N3O5S2/c1-17(2)13-15-32-20-9-5-18(6-10-20)23(28)27-24(33)26-19-7-11-22(12-8-19)34(29,30)25-16-21-4-3-14-31-21/h5-12,17,21,25H,3-4,13-16H2,1-2H3,(H2,26,27,28,33). The molecular weight excluding hydrogens is 474 g/mol. The predicted molar refractivity (Wildman–Crippen MR) is 136 cm³/mol. The van der Waals surface area contributed by atoms with E-state index in [4.69, 9.17) is 21.7 Å². The van der Waals surface area contributed by atoms with Gasteiger partial charge in [-0.15, -0.1) is 0 Å². The molecule has 3 N–H and O–H groups in total. The highest BCUT2D eigenvalue weighted by molar-refractivity contribution is 7.89. The van der Waals surface area contributed by atoms with Gasteiger partial charge in [-0.3, -0.25) is 10.1 Å². The van der Waals surface area contributed by atoms with E-state index in [1.54, 1.807) is 36.4 Å². The van der Waals surface area contributed by atoms with Crippen molar-refractivity contribution in [3.05, 3.63) is 54.1 Å². The largest absolute Gasteiger partial charge is 0.494 e. The van der Waals surface area contributed by atoms with Crippen molar-refractivity contribution in [2.24, 2.45) is 5.92 Å². The number of amides is 1. The van der Waals surface area contributed by atoms with Crippen LogP contribution >= 0.6 is 12.2 Å². The first-order valence-electron chi connectivity index (χ1n) is 11.3. The second-order valence-electron chi connectivity index (χ2n) is 8.47. The van der Waals surface area contributed by atoms with E-state index in [0.717, 1.165) is 19.3 Å². The number of sulfonamides is 1. The lowest BCUT2D eigenvalue weighted by atomic mass is 10.1. The minimum atomic E-state index is -3.63. The Morgan fingerprint density at radius 1 is 1.15 bits per heavy atom. The molecule has 184 valence electrons. The van der Waals surface area contributed by atoms with Gasteiger partial charge < -0.3 is 14.8 Å². The summed E-state index contributed by atoms with van der Waals surface area (Å²) in [5, 5.41) is 5.61. The van der Waals surface area contributed by atoms with Crippen LogP contribution < -0.4 is 20.1 Å². The summed E-state index contributed by atoms with van der Waals surface area (Å²) in [6, 6.07) is 13.0. The lowest BCUT2D eigenvalue weighted by Crippen LogP contribution is -2.34. The van der Waals surface area contributed by atoms with Crippen LogP contribution in [0.4, 0.5) is 5.69 Å². The van der Waals surface area contributed by atoms with Crippen molar-refractivity contribution in [3.8, 4) is 5.75 Å². The molecule has 0 spiro atoms. The molecule has 2 aromatic rings. The average molecular weight is 506 g/mol. The molecule has 1 unspecified atom stereocenters. The zero-order valence-corrected chi connectivity index (χ0v) is 21.0. The number of benzene rings is 2. The lowest BCUT2D eigenvalue weighted by molar-refractivity contribution is 0.0977. The highest BCUT2D eigenvalue weighted by Crippen LogP contribution is 2.16. The Labute approximate surface area is 206 Å². The van der Waals surface area contributed by atoms with Crippen molar-refractivity contribution in [3.63, 3.8) is 0 Å². The Bertz CT molecular complexity index is 1060. The summed E-state index contributed by atoms with van der Waals surface area (Å²) in [6.45, 7) is 5.82. The third-order valence-electron chi connectivity index (χ3n) is 5.25. The van der Waals surface area contributed by atoms with E-state index in [2.05, 4.69) is 29.2 Å². The molecule has 1 aliphatic heterocycles. The number of ether oxygens (including phenoxy) is 2. The molecule has 0 aliphatic carbocycles. The molecule has 1 heterocycles. The zero-order valence-electron chi connectivity index (χ0n) is 19.4. The summed E-state index contributed by atoms with van der Waals surface area (Å²) >= 11 is 5.22. The van der Waals surface area contributed by atoms with Gasteiger partial charge in [0.05, 0.1) is 17.6 Å². The van der Waals surface area contributed by atoms with Crippen molar-refractivity contribution in [1.29, 1.82) is 0 Å². The predicted octanol–water partition coefficient (Wildman–Crippen LogP) is 3.70. The second kappa shape index (κ2) is 12.3. The van der Waals surface area contributed by atoms with Crippen LogP contribution in [0.1, 0.15) is 43.5 Å². The van der Waals surface area contributed by atoms with Crippen LogP contribution in [0.3, 0.4) is 0 Å². The monoisotopic (exact) mass is 505 g/mol. The van der Waals surface area contributed by atoms with Gasteiger partial charge in [0, 0.05) is 24.4 Å². The Morgan fingerprint density at radius 2 is 1.85 bits per heavy atom. The molecule has 0 bridgehead atoms. The number of thiocarbonyl (C=S) groups is 1. The van der Waals surface area contributed by atoms with Crippen molar-refractivity contribution in [2.45, 2.75) is 44.1 Å². The molecule has 0 aromatic heterocycles. The maximum absolute atomic E-state index is 12.5. The van der Waals surface area contributed by atoms with Gasteiger partial charge in [-0.25, -0.2) is 13.1 Å². The first kappa shape index (κ1) is 26.1. The van der Waals surface area contributed by atoms with E-state index in [1.165, 1.54) is 12.1 Å². The molecule has 8 nitrogen and oxygen atoms in total. The molecular formula is C24H31N3O5S2. The highest BCUT2D eigenvalue weighted by atomic mass is 32.2. The normalized spacial score (nSPS) is 15.8. The molecule has 1 saturated heterocycles. The van der Waals surface area contributed by atoms with Crippen molar-refractivity contribution in [1.82, 2.24) is 10.0 Å². The van der Waals surface area contributed by atoms with Gasteiger partial charge in [0.15, 0.2) is 5.11 Å². The van der Waals surface area contributed by atoms with Gasteiger partial charge in [-0.05, 0) is 85.9 Å². The van der Waals surface area contributed by atoms with Gasteiger partial charge in [0.25, 0.3) is 5.91 Å². The lowest BCUT2D eigenvalue weighted by Gasteiger charge is -2.13. The SMILES string of the molecule is CC(C)CCOc1ccc(C(=O)NC(=S)Nc2ccc(S(=O)(=O)NCC3CCCO3)cc2)cc1. The number of hydrogen-bond acceptors (Lipinski definition) is 6. The Kier molecular flexibility index (Phi) is 9.40. The Morgan fingerprint density at radius 3 is 2.47 bits per heavy atom. The Hall–Kier alpha value is -2.53. The van der Waals surface area contributed by atoms with Crippen LogP contribution in [0.15, 0.2) is 53.4 Å². The van der Waals surface area contributed by atoms with Crippen LogP contribution in [0.2, 0.25) is 0 Å². The topological polar surface area (TPSA) is 106 Å². The van der Waals surface area contributed by atoms with Crippen molar-refractivity contribution < 1.29 is 22.7 Å². The molecule has 1 fully saturated rings. The zero-order chi connectivity index (χ0) is 24.6. The minimum Gasteiger partial charge on any atom is -0.494 e. The summed E-state index contributed by atoms with van der Waals surface area (Å²) in [6.07, 6.45) is 2.68. The van der Waals surface area contributed by atoms with Gasteiger partial charge in [-0.1, -0.05) is 13.8 Å². The number of anilines is 1. The van der Waals surface area contributed by atoms with E-state index >= 15 is 0 Å². The summed E-state index contributed by atoms with van der Waals surface area (Å²) in [5.74, 6) is 0.912. The second-order valence-corrected chi connectivity index (χ2v) is 10.7. The molecule has 1 aliphatic rings. The van der Waals surface area contributed by atoms with Gasteiger partial charge in [-0.2, -0.15) is 0 Å². The van der Waals surface area contributed by atoms with E-state index in [9.17, 15) is 13.2 Å². The molecule has 10 heteroatoms. The third-order valence-corrected chi connectivity index (χ3v) is 6.90. The molecule has 1 amide bonds. The van der Waals surface area contributed by atoms with E-state index in [-0.39, 0.29) is 28.6 Å². The fourth-order valence-electron chi connectivity index (χ4n) is 3.26. The van der Waals surface area contributed by atoms with E-state index in [0.29, 0.717) is 36.1 Å². The van der Waals surface area contributed by atoms with Crippen LogP contribution in [0.5, 0.6) is 5.75 Å². The van der Waals surface area contributed by atoms with E-state index in [1.807, 2.05) is 0 Å².